The van der Waals surface area contributed by atoms with E-state index in [9.17, 15) is 0 Å². The van der Waals surface area contributed by atoms with E-state index in [1.54, 1.807) is 0 Å². The molecule has 18 rings (SSSR count). The van der Waals surface area contributed by atoms with Crippen LogP contribution in [-0.4, -0.2) is 0 Å². The molecule has 0 saturated heterocycles. The average Bonchev–Trinajstić information content (AvgIpc) is 1.70. The highest BCUT2D eigenvalue weighted by molar-refractivity contribution is 7.99. The molecular formula is C81H51NS2. The molecule has 0 amide bonds. The van der Waals surface area contributed by atoms with Crippen LogP contribution in [-0.2, 0) is 16.2 Å². The highest BCUT2D eigenvalue weighted by atomic mass is 32.2. The maximum atomic E-state index is 2.63. The van der Waals surface area contributed by atoms with Crippen molar-refractivity contribution in [2.45, 2.75) is 35.8 Å². The molecule has 0 radical (unpaired) electrons. The molecule has 1 nitrogen and oxygen atoms in total. The second-order valence-corrected chi connectivity index (χ2v) is 25.0. The van der Waals surface area contributed by atoms with Gasteiger partial charge in [-0.1, -0.05) is 278 Å². The second kappa shape index (κ2) is 18.2. The Morgan fingerprint density at radius 1 is 0.226 bits per heavy atom. The smallest absolute Gasteiger partial charge is 0.0736 e. The van der Waals surface area contributed by atoms with Crippen molar-refractivity contribution in [3.8, 4) is 44.5 Å². The third-order valence-electron chi connectivity index (χ3n) is 19.1. The molecule has 84 heavy (non-hydrogen) atoms. The summed E-state index contributed by atoms with van der Waals surface area (Å²) in [6.07, 6.45) is 0. The lowest BCUT2D eigenvalue weighted by atomic mass is 9.67. The van der Waals surface area contributed by atoms with E-state index in [0.29, 0.717) is 0 Å². The zero-order chi connectivity index (χ0) is 55.1. The highest BCUT2D eigenvalue weighted by Gasteiger charge is 2.53. The van der Waals surface area contributed by atoms with Gasteiger partial charge in [0.2, 0.25) is 0 Å². The molecule has 13 aromatic carbocycles. The van der Waals surface area contributed by atoms with Gasteiger partial charge in [0.25, 0.3) is 0 Å². The van der Waals surface area contributed by atoms with Crippen LogP contribution in [0.5, 0.6) is 0 Å². The summed E-state index contributed by atoms with van der Waals surface area (Å²) in [7, 11) is 0. The number of rotatable bonds is 6. The quantitative estimate of drug-likeness (QED) is 0.163. The summed E-state index contributed by atoms with van der Waals surface area (Å²) in [6.45, 7) is 0. The molecule has 0 aromatic heterocycles. The minimum absolute atomic E-state index is 0.559. The van der Waals surface area contributed by atoms with Crippen LogP contribution >= 0.6 is 23.5 Å². The number of hydrogen-bond acceptors (Lipinski definition) is 3. The van der Waals surface area contributed by atoms with Gasteiger partial charge in [-0.3, -0.25) is 0 Å². The first kappa shape index (κ1) is 47.9. The Morgan fingerprint density at radius 2 is 0.595 bits per heavy atom. The Hall–Kier alpha value is -9.64. The fraction of sp³-hybridized carbons (Fsp3) is 0.0370. The molecular weight excluding hydrogens is 1050 g/mol. The summed E-state index contributed by atoms with van der Waals surface area (Å²) in [6, 6.07) is 118. The van der Waals surface area contributed by atoms with Gasteiger partial charge in [-0.15, -0.1) is 0 Å². The highest BCUT2D eigenvalue weighted by Crippen LogP contribution is 2.67. The fourth-order valence-electron chi connectivity index (χ4n) is 16.0. The zero-order valence-corrected chi connectivity index (χ0v) is 47.3. The predicted molar refractivity (Wildman–Crippen MR) is 347 cm³/mol. The Morgan fingerprint density at radius 3 is 1.14 bits per heavy atom. The van der Waals surface area contributed by atoms with E-state index >= 15 is 0 Å². The molecule has 0 N–H and O–H groups in total. The van der Waals surface area contributed by atoms with Crippen LogP contribution < -0.4 is 4.90 Å². The minimum Gasteiger partial charge on any atom is -0.309 e. The Bertz CT molecular complexity index is 4750. The van der Waals surface area contributed by atoms with E-state index in [0.717, 1.165) is 28.2 Å². The van der Waals surface area contributed by atoms with Gasteiger partial charge in [-0.05, 0) is 155 Å². The maximum absolute atomic E-state index is 2.63. The normalized spacial score (nSPS) is 14.9. The van der Waals surface area contributed by atoms with Crippen molar-refractivity contribution >= 4 is 40.6 Å². The summed E-state index contributed by atoms with van der Waals surface area (Å²) in [4.78, 5) is 7.81. The molecule has 3 heteroatoms. The molecule has 0 unspecified atom stereocenters. The van der Waals surface area contributed by atoms with Gasteiger partial charge in [0.05, 0.1) is 27.6 Å². The molecule has 0 atom stereocenters. The van der Waals surface area contributed by atoms with Gasteiger partial charge in [-0.25, -0.2) is 0 Å². The van der Waals surface area contributed by atoms with Crippen molar-refractivity contribution in [1.82, 2.24) is 0 Å². The van der Waals surface area contributed by atoms with Gasteiger partial charge < -0.3 is 4.90 Å². The van der Waals surface area contributed by atoms with E-state index in [4.69, 9.17) is 0 Å². The van der Waals surface area contributed by atoms with Gasteiger partial charge >= 0.3 is 0 Å². The van der Waals surface area contributed by atoms with E-state index < -0.39 is 16.2 Å². The molecule has 3 aliphatic carbocycles. The standard InChI is InChI=1S/C81H51NS2/c1-3-24-53(25-4-1)79(54-26-5-2-6-27-54)62-32-11-7-29-57(62)59-48-46-52(50-70(59)79)56-28-10-18-40-72(56)82(55-47-49-60-58-30-8-12-33-63(58)81(71(60)51-55)67-37-16-21-44-76(67)84-77-45-22-17-38-68(77)81)73-41-23-39-69-78(73)61-31-9-13-34-64(61)80(69)65-35-14-19-42-74(65)83-75-43-20-15-36-66(75)80/h1-51H. The van der Waals surface area contributed by atoms with Gasteiger partial charge in [-0.2, -0.15) is 0 Å². The predicted octanol–water partition coefficient (Wildman–Crippen LogP) is 20.8. The molecule has 2 aliphatic heterocycles. The van der Waals surface area contributed by atoms with Gasteiger partial charge in [0.15, 0.2) is 0 Å². The maximum Gasteiger partial charge on any atom is 0.0736 e. The first-order chi connectivity index (χ1) is 41.7. The molecule has 5 aliphatic rings. The summed E-state index contributed by atoms with van der Waals surface area (Å²) in [5.74, 6) is 0. The summed E-state index contributed by atoms with van der Waals surface area (Å²) in [5.41, 5.74) is 27.2. The van der Waals surface area contributed by atoms with Crippen LogP contribution in [0.4, 0.5) is 17.1 Å². The lowest BCUT2D eigenvalue weighted by Gasteiger charge is -2.40. The minimum atomic E-state index is -0.568. The van der Waals surface area contributed by atoms with Gasteiger partial charge in [0.1, 0.15) is 0 Å². The number of fused-ring (bicyclic) bond motifs is 21. The van der Waals surface area contributed by atoms with Crippen LogP contribution in [0.15, 0.2) is 329 Å². The summed E-state index contributed by atoms with van der Waals surface area (Å²) in [5, 5.41) is 0. The third-order valence-corrected chi connectivity index (χ3v) is 21.4. The van der Waals surface area contributed by atoms with Crippen molar-refractivity contribution in [3.63, 3.8) is 0 Å². The van der Waals surface area contributed by atoms with Gasteiger partial charge in [0, 0.05) is 36.4 Å². The largest absolute Gasteiger partial charge is 0.309 e. The van der Waals surface area contributed by atoms with E-state index in [-0.39, 0.29) is 0 Å². The Kier molecular flexibility index (Phi) is 10.4. The summed E-state index contributed by atoms with van der Waals surface area (Å²) < 4.78 is 0. The lowest BCUT2D eigenvalue weighted by molar-refractivity contribution is 0.722. The number of nitrogens with zero attached hydrogens (tertiary/aromatic N) is 1. The second-order valence-electron chi connectivity index (χ2n) is 22.9. The monoisotopic (exact) mass is 1100 g/mol. The van der Waals surface area contributed by atoms with Crippen molar-refractivity contribution in [2.75, 3.05) is 4.90 Å². The number of benzene rings is 13. The van der Waals surface area contributed by atoms with Crippen LogP contribution in [0.3, 0.4) is 0 Å². The first-order valence-electron chi connectivity index (χ1n) is 29.1. The Labute approximate surface area is 498 Å². The molecule has 0 bridgehead atoms. The van der Waals surface area contributed by atoms with Crippen molar-refractivity contribution in [1.29, 1.82) is 0 Å². The number of hydrogen-bond donors (Lipinski definition) is 0. The van der Waals surface area contributed by atoms with Crippen molar-refractivity contribution < 1.29 is 0 Å². The number of para-hydroxylation sites is 1. The Balaban J connectivity index is 0.939. The van der Waals surface area contributed by atoms with Crippen molar-refractivity contribution in [3.05, 3.63) is 376 Å². The third kappa shape index (κ3) is 6.27. The fourth-order valence-corrected chi connectivity index (χ4v) is 18.4. The molecule has 0 fully saturated rings. The van der Waals surface area contributed by atoms with Crippen LogP contribution in [0.1, 0.15) is 66.8 Å². The molecule has 2 spiro atoms. The van der Waals surface area contributed by atoms with Crippen molar-refractivity contribution in [2.24, 2.45) is 0 Å². The first-order valence-corrected chi connectivity index (χ1v) is 30.8. The van der Waals surface area contributed by atoms with Crippen LogP contribution in [0.25, 0.3) is 44.5 Å². The number of anilines is 3. The topological polar surface area (TPSA) is 3.24 Å². The molecule has 13 aromatic rings. The lowest BCUT2D eigenvalue weighted by Crippen LogP contribution is -2.32. The molecule has 0 saturated carbocycles. The average molecular weight is 1100 g/mol. The summed E-state index contributed by atoms with van der Waals surface area (Å²) >= 11 is 3.79. The van der Waals surface area contributed by atoms with Crippen LogP contribution in [0, 0.1) is 0 Å². The molecule has 392 valence electrons. The molecule has 2 heterocycles. The van der Waals surface area contributed by atoms with E-state index in [1.807, 2.05) is 23.5 Å². The van der Waals surface area contributed by atoms with E-state index in [2.05, 4.69) is 314 Å². The van der Waals surface area contributed by atoms with Crippen LogP contribution in [0.2, 0.25) is 0 Å². The zero-order valence-electron chi connectivity index (χ0n) is 45.7. The van der Waals surface area contributed by atoms with E-state index in [1.165, 1.54) is 120 Å². The SMILES string of the molecule is c1ccc(C2(c3ccccc3)c3ccccc3-c3ccc(-c4ccccc4N(c4ccc5c(c4)C4(c6ccccc6Sc6ccccc64)c4ccccc4-5)c4cccc5c4-c4ccccc4C54c5ccccc5Sc5ccccc54)cc32)cc1.